The van der Waals surface area contributed by atoms with E-state index in [1.54, 1.807) is 10.6 Å². The first-order valence-corrected chi connectivity index (χ1v) is 3.76. The predicted octanol–water partition coefficient (Wildman–Crippen LogP) is 0.528. The van der Waals surface area contributed by atoms with Gasteiger partial charge < -0.3 is 0 Å². The summed E-state index contributed by atoms with van der Waals surface area (Å²) in [5.74, 6) is 0.366. The first kappa shape index (κ1) is 6.47. The van der Waals surface area contributed by atoms with E-state index < -0.39 is 0 Å². The van der Waals surface area contributed by atoms with Gasteiger partial charge >= 0.3 is 0 Å². The number of hydrogen-bond acceptors (Lipinski definition) is 4. The number of carbonyl (C=O) groups excluding carboxylic acids is 1. The Kier molecular flexibility index (Phi) is 0.999. The van der Waals surface area contributed by atoms with Crippen LogP contribution < -0.4 is 0 Å². The number of aromatic nitrogens is 4. The lowest BCUT2D eigenvalue weighted by molar-refractivity contribution is 0.111. The summed E-state index contributed by atoms with van der Waals surface area (Å²) >= 11 is 0. The number of rotatable bonds is 1. The lowest BCUT2D eigenvalue weighted by Gasteiger charge is -1.85. The molecule has 62 valence electrons. The van der Waals surface area contributed by atoms with E-state index in [1.807, 2.05) is 6.07 Å². The quantitative estimate of drug-likeness (QED) is 0.502. The van der Waals surface area contributed by atoms with Gasteiger partial charge in [-0.15, -0.1) is 0 Å². The van der Waals surface area contributed by atoms with Crippen LogP contribution in [0.15, 0.2) is 18.6 Å². The molecule has 3 aromatic rings. The van der Waals surface area contributed by atoms with Gasteiger partial charge in [0.1, 0.15) is 11.8 Å². The standard InChI is InChI=1S/C8H4N4O/c13-3-6-11-8-7-5(9-4-10-8)1-2-12(6)7/h1-4H. The molecule has 0 saturated heterocycles. The second-order valence-corrected chi connectivity index (χ2v) is 2.70. The molecule has 0 aliphatic rings. The monoisotopic (exact) mass is 172 g/mol. The Morgan fingerprint density at radius 1 is 1.38 bits per heavy atom. The summed E-state index contributed by atoms with van der Waals surface area (Å²) in [6, 6.07) is 1.83. The van der Waals surface area contributed by atoms with Gasteiger partial charge in [-0.05, 0) is 6.07 Å². The van der Waals surface area contributed by atoms with Crippen LogP contribution in [0.3, 0.4) is 0 Å². The van der Waals surface area contributed by atoms with Gasteiger partial charge in [-0.2, -0.15) is 0 Å². The SMILES string of the molecule is O=Cc1nc2ncnc3ccn1c32. The third kappa shape index (κ3) is 0.658. The second kappa shape index (κ2) is 2.01. The van der Waals surface area contributed by atoms with E-state index in [4.69, 9.17) is 0 Å². The van der Waals surface area contributed by atoms with Crippen LogP contribution in [-0.2, 0) is 0 Å². The van der Waals surface area contributed by atoms with Crippen molar-refractivity contribution in [2.24, 2.45) is 0 Å². The summed E-state index contributed by atoms with van der Waals surface area (Å²) in [5, 5.41) is 0. The number of carbonyl (C=O) groups is 1. The van der Waals surface area contributed by atoms with E-state index in [-0.39, 0.29) is 0 Å². The fourth-order valence-corrected chi connectivity index (χ4v) is 1.47. The Balaban J connectivity index is 2.68. The molecule has 0 aliphatic carbocycles. The lowest BCUT2D eigenvalue weighted by atomic mass is 10.4. The molecule has 0 unspecified atom stereocenters. The van der Waals surface area contributed by atoms with Crippen LogP contribution >= 0.6 is 0 Å². The molecule has 0 N–H and O–H groups in total. The van der Waals surface area contributed by atoms with Gasteiger partial charge in [-0.25, -0.2) is 15.0 Å². The molecule has 0 atom stereocenters. The zero-order valence-corrected chi connectivity index (χ0v) is 6.51. The minimum Gasteiger partial charge on any atom is -0.294 e. The Labute approximate surface area is 72.4 Å². The van der Waals surface area contributed by atoms with E-state index in [2.05, 4.69) is 15.0 Å². The van der Waals surface area contributed by atoms with Crippen LogP contribution in [0.1, 0.15) is 10.6 Å². The molecule has 3 heterocycles. The number of aldehydes is 1. The van der Waals surface area contributed by atoms with Crippen molar-refractivity contribution in [2.45, 2.75) is 0 Å². The molecule has 0 bridgehead atoms. The van der Waals surface area contributed by atoms with Gasteiger partial charge in [-0.3, -0.25) is 9.20 Å². The Morgan fingerprint density at radius 3 is 3.15 bits per heavy atom. The molecular weight excluding hydrogens is 168 g/mol. The van der Waals surface area contributed by atoms with Crippen molar-refractivity contribution in [1.82, 2.24) is 19.4 Å². The van der Waals surface area contributed by atoms with Crippen molar-refractivity contribution in [2.75, 3.05) is 0 Å². The average Bonchev–Trinajstić information content (AvgIpc) is 2.73. The highest BCUT2D eigenvalue weighted by Crippen LogP contribution is 2.18. The topological polar surface area (TPSA) is 60.2 Å². The van der Waals surface area contributed by atoms with Crippen molar-refractivity contribution < 1.29 is 4.79 Å². The van der Waals surface area contributed by atoms with E-state index in [9.17, 15) is 4.79 Å². The van der Waals surface area contributed by atoms with Gasteiger partial charge in [-0.1, -0.05) is 0 Å². The van der Waals surface area contributed by atoms with E-state index in [1.165, 1.54) is 6.33 Å². The Hall–Kier alpha value is -2.04. The van der Waals surface area contributed by atoms with E-state index in [0.717, 1.165) is 11.0 Å². The average molecular weight is 172 g/mol. The van der Waals surface area contributed by atoms with Gasteiger partial charge in [0.15, 0.2) is 17.8 Å². The summed E-state index contributed by atoms with van der Waals surface area (Å²) in [5.41, 5.74) is 2.19. The molecule has 0 saturated carbocycles. The zero-order chi connectivity index (χ0) is 8.84. The molecule has 0 radical (unpaired) electrons. The van der Waals surface area contributed by atoms with E-state index >= 15 is 0 Å². The summed E-state index contributed by atoms with van der Waals surface area (Å²) in [7, 11) is 0. The highest BCUT2D eigenvalue weighted by molar-refractivity contribution is 5.92. The molecule has 0 amide bonds. The van der Waals surface area contributed by atoms with Crippen LogP contribution in [0.2, 0.25) is 0 Å². The van der Waals surface area contributed by atoms with Gasteiger partial charge in [0.05, 0.1) is 5.52 Å². The third-order valence-corrected chi connectivity index (χ3v) is 2.03. The zero-order valence-electron chi connectivity index (χ0n) is 6.51. The summed E-state index contributed by atoms with van der Waals surface area (Å²) in [6.07, 6.45) is 3.92. The van der Waals surface area contributed by atoms with E-state index in [0.29, 0.717) is 17.8 Å². The van der Waals surface area contributed by atoms with Gasteiger partial charge in [0.25, 0.3) is 0 Å². The largest absolute Gasteiger partial charge is 0.294 e. The molecule has 0 aliphatic heterocycles. The number of imidazole rings is 1. The molecular formula is C8H4N4O. The maximum atomic E-state index is 10.6. The molecule has 3 aromatic heterocycles. The minimum atomic E-state index is 0.366. The molecule has 0 fully saturated rings. The molecule has 0 spiro atoms. The van der Waals surface area contributed by atoms with Crippen molar-refractivity contribution in [3.63, 3.8) is 0 Å². The van der Waals surface area contributed by atoms with Gasteiger partial charge in [0.2, 0.25) is 0 Å². The summed E-state index contributed by atoms with van der Waals surface area (Å²) in [4.78, 5) is 22.7. The maximum absolute atomic E-state index is 10.6. The fourth-order valence-electron chi connectivity index (χ4n) is 1.47. The van der Waals surface area contributed by atoms with Gasteiger partial charge in [0, 0.05) is 6.20 Å². The van der Waals surface area contributed by atoms with Crippen LogP contribution in [0.25, 0.3) is 16.7 Å². The van der Waals surface area contributed by atoms with Crippen LogP contribution in [0, 0.1) is 0 Å². The van der Waals surface area contributed by atoms with Crippen LogP contribution in [0.5, 0.6) is 0 Å². The van der Waals surface area contributed by atoms with Crippen LogP contribution in [0.4, 0.5) is 0 Å². The Bertz CT molecular complexity index is 585. The first-order valence-electron chi connectivity index (χ1n) is 3.76. The van der Waals surface area contributed by atoms with Crippen molar-refractivity contribution >= 4 is 23.0 Å². The highest BCUT2D eigenvalue weighted by atomic mass is 16.1. The van der Waals surface area contributed by atoms with Crippen molar-refractivity contribution in [3.8, 4) is 0 Å². The fraction of sp³-hybridized carbons (Fsp3) is 0. The smallest absolute Gasteiger partial charge is 0.186 e. The van der Waals surface area contributed by atoms with Crippen molar-refractivity contribution in [1.29, 1.82) is 0 Å². The molecule has 0 aromatic carbocycles. The predicted molar refractivity (Wildman–Crippen MR) is 44.9 cm³/mol. The molecule has 5 nitrogen and oxygen atoms in total. The normalized spacial score (nSPS) is 11.4. The van der Waals surface area contributed by atoms with Crippen molar-refractivity contribution in [3.05, 3.63) is 24.4 Å². The summed E-state index contributed by atoms with van der Waals surface area (Å²) in [6.45, 7) is 0. The number of hydrogen-bond donors (Lipinski definition) is 0. The molecule has 3 rings (SSSR count). The Morgan fingerprint density at radius 2 is 2.31 bits per heavy atom. The minimum absolute atomic E-state index is 0.366. The molecule has 5 heteroatoms. The van der Waals surface area contributed by atoms with Crippen LogP contribution in [-0.4, -0.2) is 25.6 Å². The first-order chi connectivity index (χ1) is 6.40. The maximum Gasteiger partial charge on any atom is 0.186 e. The molecule has 13 heavy (non-hydrogen) atoms. The highest BCUT2D eigenvalue weighted by Gasteiger charge is 2.11. The second-order valence-electron chi connectivity index (χ2n) is 2.70. The number of nitrogens with zero attached hydrogens (tertiary/aromatic N) is 4. The third-order valence-electron chi connectivity index (χ3n) is 2.03. The lowest BCUT2D eigenvalue weighted by Crippen LogP contribution is -1.87. The summed E-state index contributed by atoms with van der Waals surface area (Å²) < 4.78 is 1.69.